The van der Waals surface area contributed by atoms with Crippen LogP contribution < -0.4 is 27.8 Å². The summed E-state index contributed by atoms with van der Waals surface area (Å²) in [6.45, 7) is 3.03. The molecule has 0 aromatic rings. The quantitative estimate of drug-likeness (QED) is 0.0705. The largest absolute Gasteiger partial charge is 0.481 e. The molecule has 0 rings (SSSR count). The van der Waals surface area contributed by atoms with Gasteiger partial charge in [0.05, 0.1) is 6.42 Å². The van der Waals surface area contributed by atoms with Gasteiger partial charge >= 0.3 is 23.9 Å². The van der Waals surface area contributed by atoms with Crippen LogP contribution in [-0.4, -0.2) is 93.2 Å². The first-order valence-corrected chi connectivity index (χ1v) is 9.63. The molecule has 0 aromatic heterocycles. The van der Waals surface area contributed by atoms with E-state index in [0.29, 0.717) is 25.9 Å². The highest BCUT2D eigenvalue weighted by molar-refractivity contribution is 5.80. The number of nitrogens with one attached hydrogen (secondary N) is 3. The van der Waals surface area contributed by atoms with Crippen molar-refractivity contribution >= 4 is 29.8 Å². The summed E-state index contributed by atoms with van der Waals surface area (Å²) in [6.07, 6.45) is 1.61. The molecule has 0 spiro atoms. The molecule has 0 aliphatic carbocycles. The van der Waals surface area contributed by atoms with E-state index in [1.807, 2.05) is 6.92 Å². The molecule has 0 amide bonds. The SMILES string of the molecule is CCCNC(CCO)C(=O)O.N=C(N)NCCCC(N)C(=O)O.NC(CC(=O)O)C(=O)O. The van der Waals surface area contributed by atoms with Crippen molar-refractivity contribution < 1.29 is 44.7 Å². The number of rotatable bonds is 14. The number of aliphatic hydroxyl groups is 1. The van der Waals surface area contributed by atoms with Crippen LogP contribution in [-0.2, 0) is 19.2 Å². The Bertz CT molecular complexity index is 577. The molecule has 0 radical (unpaired) electrons. The van der Waals surface area contributed by atoms with E-state index in [-0.39, 0.29) is 19.0 Å². The summed E-state index contributed by atoms with van der Waals surface area (Å²) in [6, 6.07) is -2.71. The molecule has 188 valence electrons. The maximum atomic E-state index is 10.4. The molecule has 0 aliphatic rings. The number of aliphatic carboxylic acids is 4. The molecule has 0 heterocycles. The summed E-state index contributed by atoms with van der Waals surface area (Å²) in [5, 5.41) is 53.6. The Labute approximate surface area is 185 Å². The van der Waals surface area contributed by atoms with Gasteiger partial charge in [0.1, 0.15) is 18.1 Å². The highest BCUT2D eigenvalue weighted by Crippen LogP contribution is 1.92. The van der Waals surface area contributed by atoms with Gasteiger partial charge < -0.3 is 53.4 Å². The number of hydrogen-bond donors (Lipinski definition) is 11. The van der Waals surface area contributed by atoms with Gasteiger partial charge in [-0.2, -0.15) is 0 Å². The molecule has 3 unspecified atom stereocenters. The lowest BCUT2D eigenvalue weighted by Crippen LogP contribution is -2.37. The summed E-state index contributed by atoms with van der Waals surface area (Å²) < 4.78 is 0. The normalized spacial score (nSPS) is 12.5. The molecular formula is C17H36N6O9. The zero-order valence-electron chi connectivity index (χ0n) is 18.0. The van der Waals surface area contributed by atoms with Gasteiger partial charge in [-0.3, -0.25) is 24.6 Å². The molecule has 15 nitrogen and oxygen atoms in total. The van der Waals surface area contributed by atoms with Crippen LogP contribution in [0.3, 0.4) is 0 Å². The average molecular weight is 469 g/mol. The molecule has 14 N–H and O–H groups in total. The van der Waals surface area contributed by atoms with Crippen molar-refractivity contribution in [3.8, 4) is 0 Å². The van der Waals surface area contributed by atoms with Gasteiger partial charge in [0, 0.05) is 13.2 Å². The van der Waals surface area contributed by atoms with Gasteiger partial charge in [0.25, 0.3) is 0 Å². The van der Waals surface area contributed by atoms with E-state index in [1.165, 1.54) is 0 Å². The second-order valence-electron chi connectivity index (χ2n) is 6.33. The standard InChI is InChI=1S/C7H15NO3.C6H14N4O2.C4H7NO4/c1-2-4-8-6(3-5-9)7(10)11;7-4(5(11)12)2-1-3-10-6(8)9;5-2(4(8)9)1-3(6)7/h6,8-9H,2-5H2,1H3,(H,10,11);4H,1-3,7H2,(H,11,12)(H4,8,9,10);2H,1,5H2,(H,6,7)(H,8,9). The molecule has 0 saturated carbocycles. The van der Waals surface area contributed by atoms with Crippen molar-refractivity contribution in [1.82, 2.24) is 10.6 Å². The Kier molecular flexibility index (Phi) is 22.3. The Balaban J connectivity index is -0.000000398. The molecule has 15 heteroatoms. The zero-order chi connectivity index (χ0) is 25.7. The summed E-state index contributed by atoms with van der Waals surface area (Å²) in [5.74, 6) is -4.51. The molecule has 0 aromatic carbocycles. The number of guanidine groups is 1. The van der Waals surface area contributed by atoms with Gasteiger partial charge in [-0.15, -0.1) is 0 Å². The predicted molar refractivity (Wildman–Crippen MR) is 114 cm³/mol. The van der Waals surface area contributed by atoms with Crippen molar-refractivity contribution in [2.24, 2.45) is 17.2 Å². The second kappa shape index (κ2) is 21.2. The second-order valence-corrected chi connectivity index (χ2v) is 6.33. The van der Waals surface area contributed by atoms with Crippen LogP contribution in [0.15, 0.2) is 0 Å². The third kappa shape index (κ3) is 25.0. The van der Waals surface area contributed by atoms with Crippen LogP contribution >= 0.6 is 0 Å². The predicted octanol–water partition coefficient (Wildman–Crippen LogP) is -2.64. The third-order valence-electron chi connectivity index (χ3n) is 3.39. The highest BCUT2D eigenvalue weighted by Gasteiger charge is 2.15. The molecule has 0 fully saturated rings. The van der Waals surface area contributed by atoms with Crippen LogP contribution in [0.25, 0.3) is 0 Å². The fraction of sp³-hybridized carbons (Fsp3) is 0.706. The molecule has 32 heavy (non-hydrogen) atoms. The number of carbonyl (C=O) groups is 4. The lowest BCUT2D eigenvalue weighted by Gasteiger charge is -2.11. The summed E-state index contributed by atoms with van der Waals surface area (Å²) in [7, 11) is 0. The first kappa shape index (κ1) is 33.6. The molecule has 3 atom stereocenters. The first-order valence-electron chi connectivity index (χ1n) is 9.63. The third-order valence-corrected chi connectivity index (χ3v) is 3.39. The topological polar surface area (TPSA) is 295 Å². The fourth-order valence-corrected chi connectivity index (χ4v) is 1.70. The van der Waals surface area contributed by atoms with E-state index < -0.39 is 48.4 Å². The van der Waals surface area contributed by atoms with Crippen LogP contribution in [0.2, 0.25) is 0 Å². The van der Waals surface area contributed by atoms with Crippen molar-refractivity contribution in [2.45, 2.75) is 57.2 Å². The van der Waals surface area contributed by atoms with Crippen LogP contribution in [0.4, 0.5) is 0 Å². The van der Waals surface area contributed by atoms with Crippen molar-refractivity contribution in [2.75, 3.05) is 19.7 Å². The number of hydrogen-bond acceptors (Lipinski definition) is 9. The summed E-state index contributed by atoms with van der Waals surface area (Å²) in [4.78, 5) is 40.3. The van der Waals surface area contributed by atoms with Crippen molar-refractivity contribution in [3.05, 3.63) is 0 Å². The maximum Gasteiger partial charge on any atom is 0.321 e. The number of carboxylic acid groups (broad SMARTS) is 4. The highest BCUT2D eigenvalue weighted by atomic mass is 16.4. The lowest BCUT2D eigenvalue weighted by molar-refractivity contribution is -0.144. The monoisotopic (exact) mass is 468 g/mol. The minimum Gasteiger partial charge on any atom is -0.481 e. The van der Waals surface area contributed by atoms with Gasteiger partial charge in [-0.05, 0) is 32.2 Å². The molecule has 0 saturated heterocycles. The lowest BCUT2D eigenvalue weighted by atomic mass is 10.2. The van der Waals surface area contributed by atoms with E-state index in [2.05, 4.69) is 10.6 Å². The minimum atomic E-state index is -1.29. The van der Waals surface area contributed by atoms with E-state index >= 15 is 0 Å². The number of nitrogens with two attached hydrogens (primary N) is 3. The Hall–Kier alpha value is -3.01. The van der Waals surface area contributed by atoms with Crippen molar-refractivity contribution in [1.29, 1.82) is 5.41 Å². The zero-order valence-corrected chi connectivity index (χ0v) is 18.0. The van der Waals surface area contributed by atoms with Crippen LogP contribution in [0.1, 0.15) is 39.0 Å². The Morgan fingerprint density at radius 2 is 1.44 bits per heavy atom. The summed E-state index contributed by atoms with van der Waals surface area (Å²) in [5.41, 5.74) is 15.1. The number of carboxylic acids is 4. The maximum absolute atomic E-state index is 10.4. The van der Waals surface area contributed by atoms with E-state index in [0.717, 1.165) is 6.42 Å². The fourth-order valence-electron chi connectivity index (χ4n) is 1.70. The summed E-state index contributed by atoms with van der Waals surface area (Å²) >= 11 is 0. The first-order chi connectivity index (χ1) is 14.8. The Morgan fingerprint density at radius 3 is 1.75 bits per heavy atom. The Morgan fingerprint density at radius 1 is 0.906 bits per heavy atom. The van der Waals surface area contributed by atoms with Crippen LogP contribution in [0.5, 0.6) is 0 Å². The molecule has 0 bridgehead atoms. The van der Waals surface area contributed by atoms with Crippen LogP contribution in [0, 0.1) is 5.41 Å². The number of aliphatic hydroxyl groups excluding tert-OH is 1. The minimum absolute atomic E-state index is 0.0896. The van der Waals surface area contributed by atoms with Gasteiger partial charge in [0.2, 0.25) is 0 Å². The smallest absolute Gasteiger partial charge is 0.321 e. The average Bonchev–Trinajstić information content (AvgIpc) is 2.68. The van der Waals surface area contributed by atoms with Crippen molar-refractivity contribution in [3.63, 3.8) is 0 Å². The van der Waals surface area contributed by atoms with Gasteiger partial charge in [-0.25, -0.2) is 0 Å². The van der Waals surface area contributed by atoms with E-state index in [4.69, 9.17) is 48.1 Å². The van der Waals surface area contributed by atoms with Gasteiger partial charge in [-0.1, -0.05) is 6.92 Å². The van der Waals surface area contributed by atoms with E-state index in [9.17, 15) is 19.2 Å². The van der Waals surface area contributed by atoms with E-state index in [1.54, 1.807) is 0 Å². The molecule has 0 aliphatic heterocycles. The molecular weight excluding hydrogens is 432 g/mol. The van der Waals surface area contributed by atoms with Gasteiger partial charge in [0.15, 0.2) is 5.96 Å².